The Bertz CT molecular complexity index is 473. The monoisotopic (exact) mass is 298 g/mol. The van der Waals surface area contributed by atoms with Crippen LogP contribution in [0.25, 0.3) is 0 Å². The van der Waals surface area contributed by atoms with E-state index >= 15 is 0 Å². The van der Waals surface area contributed by atoms with Crippen LogP contribution in [0.4, 0.5) is 5.69 Å². The summed E-state index contributed by atoms with van der Waals surface area (Å²) in [6.07, 6.45) is 6.99. The van der Waals surface area contributed by atoms with E-state index in [0.717, 1.165) is 6.54 Å². The predicted molar refractivity (Wildman–Crippen MR) is 82.9 cm³/mol. The van der Waals surface area contributed by atoms with Crippen LogP contribution >= 0.6 is 23.4 Å². The van der Waals surface area contributed by atoms with Crippen LogP contribution in [0.2, 0.25) is 5.02 Å². The minimum atomic E-state index is -0.0799. The molecule has 5 heteroatoms. The number of thioether (sulfide) groups is 1. The Hall–Kier alpha value is -0.870. The lowest BCUT2D eigenvalue weighted by Crippen LogP contribution is -2.38. The fourth-order valence-corrected chi connectivity index (χ4v) is 3.53. The molecule has 1 aliphatic rings. The summed E-state index contributed by atoms with van der Waals surface area (Å²) in [5.74, 6) is -0.0799. The van der Waals surface area contributed by atoms with Gasteiger partial charge in [0.05, 0.1) is 10.7 Å². The van der Waals surface area contributed by atoms with Crippen molar-refractivity contribution < 1.29 is 4.79 Å². The molecular formula is C14H19ClN2OS. The third kappa shape index (κ3) is 3.37. The van der Waals surface area contributed by atoms with E-state index in [4.69, 9.17) is 17.3 Å². The van der Waals surface area contributed by atoms with Crippen LogP contribution in [0, 0.1) is 0 Å². The molecule has 3 N–H and O–H groups in total. The SMILES string of the molecule is CSC1(CNC(=O)c2ccc(Cl)c(N)c2)CCCC1. The number of nitrogens with two attached hydrogens (primary N) is 1. The highest BCUT2D eigenvalue weighted by Gasteiger charge is 2.33. The average molecular weight is 299 g/mol. The van der Waals surface area contributed by atoms with Gasteiger partial charge < -0.3 is 11.1 Å². The molecule has 0 spiro atoms. The van der Waals surface area contributed by atoms with E-state index in [-0.39, 0.29) is 10.7 Å². The summed E-state index contributed by atoms with van der Waals surface area (Å²) >= 11 is 7.71. The molecule has 1 fully saturated rings. The molecule has 0 heterocycles. The quantitative estimate of drug-likeness (QED) is 0.838. The minimum Gasteiger partial charge on any atom is -0.398 e. The van der Waals surface area contributed by atoms with E-state index in [1.165, 1.54) is 25.7 Å². The largest absolute Gasteiger partial charge is 0.398 e. The van der Waals surface area contributed by atoms with Crippen molar-refractivity contribution >= 4 is 35.0 Å². The normalized spacial score (nSPS) is 17.4. The first kappa shape index (κ1) is 14.5. The number of nitrogen functional groups attached to an aromatic ring is 1. The van der Waals surface area contributed by atoms with Gasteiger partial charge in [-0.05, 0) is 37.3 Å². The van der Waals surface area contributed by atoms with Crippen molar-refractivity contribution in [1.29, 1.82) is 0 Å². The van der Waals surface area contributed by atoms with Gasteiger partial charge in [-0.15, -0.1) is 0 Å². The van der Waals surface area contributed by atoms with Gasteiger partial charge in [-0.3, -0.25) is 4.79 Å². The Morgan fingerprint density at radius 1 is 1.47 bits per heavy atom. The molecule has 1 aliphatic carbocycles. The van der Waals surface area contributed by atoms with Gasteiger partial charge in [0.15, 0.2) is 0 Å². The molecule has 0 atom stereocenters. The van der Waals surface area contributed by atoms with Gasteiger partial charge in [-0.25, -0.2) is 0 Å². The summed E-state index contributed by atoms with van der Waals surface area (Å²) in [5.41, 5.74) is 6.72. The molecule has 0 saturated heterocycles. The Kier molecular flexibility index (Phi) is 4.63. The zero-order chi connectivity index (χ0) is 13.9. The molecular weight excluding hydrogens is 280 g/mol. The first-order valence-corrected chi connectivity index (χ1v) is 8.05. The summed E-state index contributed by atoms with van der Waals surface area (Å²) < 4.78 is 0.216. The molecule has 0 radical (unpaired) electrons. The van der Waals surface area contributed by atoms with Crippen LogP contribution in [-0.2, 0) is 0 Å². The van der Waals surface area contributed by atoms with Gasteiger partial charge in [-0.1, -0.05) is 24.4 Å². The number of rotatable bonds is 4. The zero-order valence-corrected chi connectivity index (χ0v) is 12.6. The molecule has 3 nitrogen and oxygen atoms in total. The molecule has 0 unspecified atom stereocenters. The van der Waals surface area contributed by atoms with Gasteiger partial charge in [0.2, 0.25) is 0 Å². The molecule has 1 aromatic rings. The van der Waals surface area contributed by atoms with Crippen LogP contribution in [0.3, 0.4) is 0 Å². The van der Waals surface area contributed by atoms with Crippen molar-refractivity contribution in [3.05, 3.63) is 28.8 Å². The maximum Gasteiger partial charge on any atom is 0.251 e. The first-order valence-electron chi connectivity index (χ1n) is 6.45. The maximum atomic E-state index is 12.1. The highest BCUT2D eigenvalue weighted by Crippen LogP contribution is 2.39. The van der Waals surface area contributed by atoms with Crippen molar-refractivity contribution in [2.75, 3.05) is 18.5 Å². The van der Waals surface area contributed by atoms with Crippen molar-refractivity contribution in [2.24, 2.45) is 0 Å². The minimum absolute atomic E-state index is 0.0799. The number of hydrogen-bond acceptors (Lipinski definition) is 3. The number of hydrogen-bond donors (Lipinski definition) is 2. The van der Waals surface area contributed by atoms with E-state index in [9.17, 15) is 4.79 Å². The van der Waals surface area contributed by atoms with Gasteiger partial charge in [0.25, 0.3) is 5.91 Å². The van der Waals surface area contributed by atoms with Gasteiger partial charge in [0.1, 0.15) is 0 Å². The number of halogens is 1. The van der Waals surface area contributed by atoms with Crippen molar-refractivity contribution in [3.8, 4) is 0 Å². The molecule has 0 aliphatic heterocycles. The van der Waals surface area contributed by atoms with E-state index < -0.39 is 0 Å². The lowest BCUT2D eigenvalue weighted by atomic mass is 10.1. The molecule has 104 valence electrons. The number of nitrogens with one attached hydrogen (secondary N) is 1. The molecule has 1 aromatic carbocycles. The topological polar surface area (TPSA) is 55.1 Å². The fraction of sp³-hybridized carbons (Fsp3) is 0.500. The molecule has 19 heavy (non-hydrogen) atoms. The van der Waals surface area contributed by atoms with Gasteiger partial charge in [0, 0.05) is 16.9 Å². The van der Waals surface area contributed by atoms with E-state index in [0.29, 0.717) is 16.3 Å². The highest BCUT2D eigenvalue weighted by molar-refractivity contribution is 8.00. The van der Waals surface area contributed by atoms with E-state index in [2.05, 4.69) is 11.6 Å². The smallest absolute Gasteiger partial charge is 0.251 e. The number of anilines is 1. The zero-order valence-electron chi connectivity index (χ0n) is 11.0. The van der Waals surface area contributed by atoms with Crippen molar-refractivity contribution in [3.63, 3.8) is 0 Å². The van der Waals surface area contributed by atoms with Gasteiger partial charge >= 0.3 is 0 Å². The second kappa shape index (κ2) is 6.06. The summed E-state index contributed by atoms with van der Waals surface area (Å²) in [6.45, 7) is 0.718. The second-order valence-electron chi connectivity index (χ2n) is 5.01. The van der Waals surface area contributed by atoms with Crippen molar-refractivity contribution in [1.82, 2.24) is 5.32 Å². The molecule has 1 saturated carbocycles. The molecule has 0 bridgehead atoms. The maximum absolute atomic E-state index is 12.1. The van der Waals surface area contributed by atoms with Crippen molar-refractivity contribution in [2.45, 2.75) is 30.4 Å². The lowest BCUT2D eigenvalue weighted by molar-refractivity contribution is 0.0949. The predicted octanol–water partition coefficient (Wildman–Crippen LogP) is 3.33. The summed E-state index contributed by atoms with van der Waals surface area (Å²) in [4.78, 5) is 12.1. The standard InChI is InChI=1S/C14H19ClN2OS/c1-19-14(6-2-3-7-14)9-17-13(18)10-4-5-11(15)12(16)8-10/h4-5,8H,2-3,6-7,9,16H2,1H3,(H,17,18). The summed E-state index contributed by atoms with van der Waals surface area (Å²) in [5, 5.41) is 3.50. The van der Waals surface area contributed by atoms with Crippen LogP contribution in [-0.4, -0.2) is 23.5 Å². The average Bonchev–Trinajstić information content (AvgIpc) is 2.89. The molecule has 2 rings (SSSR count). The number of amides is 1. The van der Waals surface area contributed by atoms with E-state index in [1.807, 2.05) is 11.8 Å². The Labute approximate surface area is 123 Å². The number of carbonyl (C=O) groups is 1. The number of benzene rings is 1. The van der Waals surface area contributed by atoms with Gasteiger partial charge in [-0.2, -0.15) is 11.8 Å². The Morgan fingerprint density at radius 2 is 2.16 bits per heavy atom. The molecule has 0 aromatic heterocycles. The molecule has 1 amide bonds. The lowest BCUT2D eigenvalue weighted by Gasteiger charge is -2.26. The van der Waals surface area contributed by atoms with E-state index in [1.54, 1.807) is 18.2 Å². The second-order valence-corrected chi connectivity index (χ2v) is 6.69. The first-order chi connectivity index (χ1) is 9.06. The van der Waals surface area contributed by atoms with Crippen LogP contribution in [0.5, 0.6) is 0 Å². The summed E-state index contributed by atoms with van der Waals surface area (Å²) in [6, 6.07) is 4.98. The van der Waals surface area contributed by atoms with Crippen LogP contribution in [0.15, 0.2) is 18.2 Å². The Morgan fingerprint density at radius 3 is 2.74 bits per heavy atom. The van der Waals surface area contributed by atoms with Crippen LogP contribution < -0.4 is 11.1 Å². The third-order valence-electron chi connectivity index (χ3n) is 3.78. The Balaban J connectivity index is 1.99. The van der Waals surface area contributed by atoms with Crippen LogP contribution in [0.1, 0.15) is 36.0 Å². The summed E-state index contributed by atoms with van der Waals surface area (Å²) in [7, 11) is 0. The fourth-order valence-electron chi connectivity index (χ4n) is 2.50. The third-order valence-corrected chi connectivity index (χ3v) is 5.54. The number of carbonyl (C=O) groups excluding carboxylic acids is 1. The highest BCUT2D eigenvalue weighted by atomic mass is 35.5.